The molecule has 0 atom stereocenters. The number of rotatable bonds is 9. The molecule has 0 spiro atoms. The minimum Gasteiger partial charge on any atom is -0.495 e. The molecule has 0 bridgehead atoms. The van der Waals surface area contributed by atoms with Crippen molar-refractivity contribution in [2.24, 2.45) is 0 Å². The Morgan fingerprint density at radius 3 is 2.42 bits per heavy atom. The van der Waals surface area contributed by atoms with Gasteiger partial charge < -0.3 is 14.8 Å². The van der Waals surface area contributed by atoms with Crippen LogP contribution in [0.1, 0.15) is 5.56 Å². The van der Waals surface area contributed by atoms with Crippen LogP contribution in [0.4, 0.5) is 15.8 Å². The standard InChI is InChI=1S/C23H22ClFN2O5S/c1-31-22-12-7-17(24)13-21(22)26-23(28)15-32-19-10-8-18(9-11-19)27(33(2,29)30)14-16-5-3-4-6-20(16)25/h3-13H,14-15H2,1-2H3,(H,26,28). The molecule has 0 aliphatic carbocycles. The smallest absolute Gasteiger partial charge is 0.262 e. The summed E-state index contributed by atoms with van der Waals surface area (Å²) in [6.07, 6.45) is 1.05. The predicted molar refractivity (Wildman–Crippen MR) is 126 cm³/mol. The number of hydrogen-bond donors (Lipinski definition) is 1. The summed E-state index contributed by atoms with van der Waals surface area (Å²) >= 11 is 5.96. The van der Waals surface area contributed by atoms with Gasteiger partial charge in [-0.3, -0.25) is 9.10 Å². The summed E-state index contributed by atoms with van der Waals surface area (Å²) in [5.74, 6) is -0.121. The van der Waals surface area contributed by atoms with Crippen LogP contribution in [0.15, 0.2) is 66.7 Å². The maximum absolute atomic E-state index is 14.0. The Morgan fingerprint density at radius 1 is 1.09 bits per heavy atom. The van der Waals surface area contributed by atoms with Gasteiger partial charge in [-0.05, 0) is 48.5 Å². The Bertz CT molecular complexity index is 1240. The van der Waals surface area contributed by atoms with E-state index in [4.69, 9.17) is 21.1 Å². The first-order chi connectivity index (χ1) is 15.7. The molecule has 3 aromatic rings. The van der Waals surface area contributed by atoms with Gasteiger partial charge in [-0.25, -0.2) is 12.8 Å². The second-order valence-corrected chi connectivity index (χ2v) is 9.38. The minimum atomic E-state index is -3.68. The van der Waals surface area contributed by atoms with Gasteiger partial charge in [0.2, 0.25) is 10.0 Å². The Morgan fingerprint density at radius 2 is 1.79 bits per heavy atom. The van der Waals surface area contributed by atoms with Gasteiger partial charge in [0.05, 0.1) is 31.3 Å². The Kier molecular flexibility index (Phi) is 7.78. The molecular weight excluding hydrogens is 471 g/mol. The van der Waals surface area contributed by atoms with Crippen molar-refractivity contribution in [3.8, 4) is 11.5 Å². The lowest BCUT2D eigenvalue weighted by atomic mass is 10.2. The molecule has 3 aromatic carbocycles. The molecule has 0 aliphatic heterocycles. The van der Waals surface area contributed by atoms with E-state index in [1.165, 1.54) is 49.6 Å². The molecule has 1 amide bonds. The van der Waals surface area contributed by atoms with Gasteiger partial charge >= 0.3 is 0 Å². The number of benzene rings is 3. The number of anilines is 2. The number of halogens is 2. The average molecular weight is 493 g/mol. The first-order valence-corrected chi connectivity index (χ1v) is 12.0. The van der Waals surface area contributed by atoms with Crippen LogP contribution in [0.5, 0.6) is 11.5 Å². The van der Waals surface area contributed by atoms with Gasteiger partial charge in [0.1, 0.15) is 17.3 Å². The largest absolute Gasteiger partial charge is 0.495 e. The third kappa shape index (κ3) is 6.59. The average Bonchev–Trinajstić information content (AvgIpc) is 2.77. The maximum Gasteiger partial charge on any atom is 0.262 e. The zero-order valence-corrected chi connectivity index (χ0v) is 19.5. The van der Waals surface area contributed by atoms with Gasteiger partial charge in [0.25, 0.3) is 5.91 Å². The number of amides is 1. The van der Waals surface area contributed by atoms with Crippen LogP contribution in [0.25, 0.3) is 0 Å². The number of carbonyl (C=O) groups excluding carboxylic acids is 1. The molecule has 0 saturated heterocycles. The lowest BCUT2D eigenvalue weighted by molar-refractivity contribution is -0.118. The minimum absolute atomic E-state index is 0.157. The molecule has 7 nitrogen and oxygen atoms in total. The third-order valence-corrected chi connectivity index (χ3v) is 5.98. The van der Waals surface area contributed by atoms with Crippen molar-refractivity contribution >= 4 is 38.9 Å². The highest BCUT2D eigenvalue weighted by Gasteiger charge is 2.19. The molecule has 3 rings (SSSR count). The lowest BCUT2D eigenvalue weighted by Crippen LogP contribution is -2.29. The highest BCUT2D eigenvalue weighted by atomic mass is 35.5. The van der Waals surface area contributed by atoms with Gasteiger partial charge in [-0.1, -0.05) is 29.8 Å². The van der Waals surface area contributed by atoms with Crippen LogP contribution in [-0.2, 0) is 21.4 Å². The molecule has 0 fully saturated rings. The number of methoxy groups -OCH3 is 1. The second-order valence-electron chi connectivity index (χ2n) is 7.04. The molecule has 0 radical (unpaired) electrons. The van der Waals surface area contributed by atoms with E-state index in [9.17, 15) is 17.6 Å². The summed E-state index contributed by atoms with van der Waals surface area (Å²) in [6, 6.07) is 16.9. The molecule has 0 aliphatic rings. The van der Waals surface area contributed by atoms with E-state index in [2.05, 4.69) is 5.32 Å². The highest BCUT2D eigenvalue weighted by Crippen LogP contribution is 2.28. The molecule has 0 heterocycles. The Labute approximate surface area is 196 Å². The van der Waals surface area contributed by atoms with Crippen LogP contribution in [0, 0.1) is 5.82 Å². The molecule has 10 heteroatoms. The van der Waals surface area contributed by atoms with E-state index in [1.54, 1.807) is 24.3 Å². The quantitative estimate of drug-likeness (QED) is 0.476. The van der Waals surface area contributed by atoms with Crippen LogP contribution in [0.3, 0.4) is 0 Å². The predicted octanol–water partition coefficient (Wildman–Crippen LogP) is 4.47. The Hall–Kier alpha value is -3.30. The number of hydrogen-bond acceptors (Lipinski definition) is 5. The van der Waals surface area contributed by atoms with E-state index < -0.39 is 21.7 Å². The molecule has 1 N–H and O–H groups in total. The molecule has 0 aromatic heterocycles. The summed E-state index contributed by atoms with van der Waals surface area (Å²) in [7, 11) is -2.20. The number of nitrogens with zero attached hydrogens (tertiary/aromatic N) is 1. The fourth-order valence-electron chi connectivity index (χ4n) is 3.00. The summed E-state index contributed by atoms with van der Waals surface area (Å²) < 4.78 is 50.4. The molecule has 33 heavy (non-hydrogen) atoms. The van der Waals surface area contributed by atoms with Crippen molar-refractivity contribution in [2.45, 2.75) is 6.54 Å². The van der Waals surface area contributed by atoms with Gasteiger partial charge in [-0.15, -0.1) is 0 Å². The maximum atomic E-state index is 14.0. The first-order valence-electron chi connectivity index (χ1n) is 9.75. The summed E-state index contributed by atoms with van der Waals surface area (Å²) in [5.41, 5.74) is 0.989. The van der Waals surface area contributed by atoms with E-state index in [-0.39, 0.29) is 18.7 Å². The van der Waals surface area contributed by atoms with Crippen molar-refractivity contribution in [1.29, 1.82) is 0 Å². The summed E-state index contributed by atoms with van der Waals surface area (Å²) in [5, 5.41) is 3.10. The zero-order valence-electron chi connectivity index (χ0n) is 17.9. The van der Waals surface area contributed by atoms with E-state index in [0.29, 0.717) is 27.9 Å². The fourth-order valence-corrected chi connectivity index (χ4v) is 4.05. The molecule has 0 unspecified atom stereocenters. The summed E-state index contributed by atoms with van der Waals surface area (Å²) in [4.78, 5) is 12.2. The van der Waals surface area contributed by atoms with E-state index in [1.807, 2.05) is 0 Å². The van der Waals surface area contributed by atoms with Crippen molar-refractivity contribution in [1.82, 2.24) is 0 Å². The van der Waals surface area contributed by atoms with E-state index >= 15 is 0 Å². The fraction of sp³-hybridized carbons (Fsp3) is 0.174. The number of ether oxygens (including phenoxy) is 2. The third-order valence-electron chi connectivity index (χ3n) is 4.60. The normalized spacial score (nSPS) is 11.0. The van der Waals surface area contributed by atoms with Crippen LogP contribution in [0.2, 0.25) is 5.02 Å². The van der Waals surface area contributed by atoms with Crippen molar-refractivity contribution in [2.75, 3.05) is 29.6 Å². The van der Waals surface area contributed by atoms with Crippen LogP contribution in [-0.4, -0.2) is 34.3 Å². The summed E-state index contributed by atoms with van der Waals surface area (Å²) in [6.45, 7) is -0.449. The zero-order chi connectivity index (χ0) is 24.0. The number of sulfonamides is 1. The van der Waals surface area contributed by atoms with Gasteiger partial charge in [0.15, 0.2) is 6.61 Å². The van der Waals surface area contributed by atoms with E-state index in [0.717, 1.165) is 10.6 Å². The molecule has 0 saturated carbocycles. The van der Waals surface area contributed by atoms with Crippen molar-refractivity contribution < 1.29 is 27.1 Å². The van der Waals surface area contributed by atoms with Gasteiger partial charge in [-0.2, -0.15) is 0 Å². The van der Waals surface area contributed by atoms with Gasteiger partial charge in [0, 0.05) is 10.6 Å². The Balaban J connectivity index is 1.67. The SMILES string of the molecule is COc1ccc(Cl)cc1NC(=O)COc1ccc(N(Cc2ccccc2F)S(C)(=O)=O)cc1. The topological polar surface area (TPSA) is 84.9 Å². The highest BCUT2D eigenvalue weighted by molar-refractivity contribution is 7.92. The van der Waals surface area contributed by atoms with Crippen molar-refractivity contribution in [3.63, 3.8) is 0 Å². The van der Waals surface area contributed by atoms with Crippen LogP contribution >= 0.6 is 11.6 Å². The first kappa shape index (κ1) is 24.3. The monoisotopic (exact) mass is 492 g/mol. The van der Waals surface area contributed by atoms with Crippen LogP contribution < -0.4 is 19.1 Å². The number of nitrogens with one attached hydrogen (secondary N) is 1. The van der Waals surface area contributed by atoms with Crippen molar-refractivity contribution in [3.05, 3.63) is 83.1 Å². The number of carbonyl (C=O) groups is 1. The molecular formula is C23H22ClFN2O5S. The lowest BCUT2D eigenvalue weighted by Gasteiger charge is -2.23. The second kappa shape index (κ2) is 10.5. The molecule has 174 valence electrons.